The van der Waals surface area contributed by atoms with Crippen molar-refractivity contribution in [2.75, 3.05) is 13.1 Å². The first-order valence-electron chi connectivity index (χ1n) is 7.15. The van der Waals surface area contributed by atoms with Crippen molar-refractivity contribution in [1.29, 1.82) is 0 Å². The molecular formula is C14H30N2. The van der Waals surface area contributed by atoms with Crippen molar-refractivity contribution in [3.63, 3.8) is 0 Å². The summed E-state index contributed by atoms with van der Waals surface area (Å²) in [6.45, 7) is 11.4. The van der Waals surface area contributed by atoms with Crippen LogP contribution in [0.4, 0.5) is 0 Å². The molecule has 2 heteroatoms. The van der Waals surface area contributed by atoms with E-state index in [0.29, 0.717) is 6.04 Å². The Kier molecular flexibility index (Phi) is 5.26. The van der Waals surface area contributed by atoms with Gasteiger partial charge in [0, 0.05) is 11.6 Å². The number of hydrogen-bond acceptors (Lipinski definition) is 2. The molecule has 1 unspecified atom stereocenters. The predicted molar refractivity (Wildman–Crippen MR) is 71.6 cm³/mol. The summed E-state index contributed by atoms with van der Waals surface area (Å²) in [5, 5.41) is 0. The molecule has 1 aliphatic carbocycles. The Balaban J connectivity index is 2.73. The second kappa shape index (κ2) is 6.02. The maximum atomic E-state index is 6.53. The lowest BCUT2D eigenvalue weighted by molar-refractivity contribution is 0.0581. The molecule has 96 valence electrons. The van der Waals surface area contributed by atoms with Gasteiger partial charge in [0.25, 0.3) is 0 Å². The zero-order valence-corrected chi connectivity index (χ0v) is 11.6. The topological polar surface area (TPSA) is 29.3 Å². The first-order chi connectivity index (χ1) is 7.64. The molecule has 1 atom stereocenters. The standard InChI is InChI=1S/C14H30N2/c1-5-14(6-2,16(7-3)8-4)13(15)11-12-9-10-12/h12-13H,5-11,15H2,1-4H3. The largest absolute Gasteiger partial charge is 0.326 e. The van der Waals surface area contributed by atoms with Gasteiger partial charge >= 0.3 is 0 Å². The molecule has 2 N–H and O–H groups in total. The van der Waals surface area contributed by atoms with Gasteiger partial charge in [0.1, 0.15) is 0 Å². The highest BCUT2D eigenvalue weighted by molar-refractivity contribution is 4.99. The summed E-state index contributed by atoms with van der Waals surface area (Å²) in [6.07, 6.45) is 6.42. The summed E-state index contributed by atoms with van der Waals surface area (Å²) >= 11 is 0. The third-order valence-corrected chi connectivity index (χ3v) is 4.59. The smallest absolute Gasteiger partial charge is 0.0355 e. The second-order valence-corrected chi connectivity index (χ2v) is 5.27. The molecular weight excluding hydrogens is 196 g/mol. The van der Waals surface area contributed by atoms with Gasteiger partial charge in [0.2, 0.25) is 0 Å². The lowest BCUT2D eigenvalue weighted by atomic mass is 9.80. The van der Waals surface area contributed by atoms with Gasteiger partial charge in [-0.3, -0.25) is 4.90 Å². The zero-order valence-electron chi connectivity index (χ0n) is 11.6. The van der Waals surface area contributed by atoms with Crippen molar-refractivity contribution in [1.82, 2.24) is 4.90 Å². The maximum Gasteiger partial charge on any atom is 0.0355 e. The Hall–Kier alpha value is -0.0800. The van der Waals surface area contributed by atoms with E-state index >= 15 is 0 Å². The summed E-state index contributed by atoms with van der Waals surface area (Å²) in [5.41, 5.74) is 6.77. The van der Waals surface area contributed by atoms with Crippen LogP contribution in [-0.2, 0) is 0 Å². The highest BCUT2D eigenvalue weighted by Crippen LogP contribution is 2.38. The lowest BCUT2D eigenvalue weighted by Crippen LogP contribution is -2.59. The fourth-order valence-electron chi connectivity index (χ4n) is 3.24. The summed E-state index contributed by atoms with van der Waals surface area (Å²) in [6, 6.07) is 0.356. The van der Waals surface area contributed by atoms with E-state index in [2.05, 4.69) is 32.6 Å². The molecule has 0 heterocycles. The average Bonchev–Trinajstić information content (AvgIpc) is 3.09. The first-order valence-corrected chi connectivity index (χ1v) is 7.15. The van der Waals surface area contributed by atoms with Crippen molar-refractivity contribution < 1.29 is 0 Å². The van der Waals surface area contributed by atoms with E-state index in [9.17, 15) is 0 Å². The van der Waals surface area contributed by atoms with E-state index in [1.165, 1.54) is 32.1 Å². The SMILES string of the molecule is CCN(CC)C(CC)(CC)C(N)CC1CC1. The van der Waals surface area contributed by atoms with Gasteiger partial charge in [-0.1, -0.05) is 40.5 Å². The molecule has 0 aliphatic heterocycles. The quantitative estimate of drug-likeness (QED) is 0.689. The van der Waals surface area contributed by atoms with E-state index in [1.54, 1.807) is 0 Å². The molecule has 0 aromatic heterocycles. The van der Waals surface area contributed by atoms with Gasteiger partial charge < -0.3 is 5.73 Å². The monoisotopic (exact) mass is 226 g/mol. The maximum absolute atomic E-state index is 6.53. The summed E-state index contributed by atoms with van der Waals surface area (Å²) in [4.78, 5) is 2.58. The van der Waals surface area contributed by atoms with Crippen LogP contribution in [0.25, 0.3) is 0 Å². The van der Waals surface area contributed by atoms with Crippen LogP contribution < -0.4 is 5.73 Å². The van der Waals surface area contributed by atoms with Crippen LogP contribution in [0.3, 0.4) is 0 Å². The molecule has 0 aromatic carbocycles. The third kappa shape index (κ3) is 2.78. The third-order valence-electron chi connectivity index (χ3n) is 4.59. The lowest BCUT2D eigenvalue weighted by Gasteiger charge is -2.46. The van der Waals surface area contributed by atoms with Crippen LogP contribution in [-0.4, -0.2) is 29.6 Å². The Morgan fingerprint density at radius 1 is 1.12 bits per heavy atom. The fraction of sp³-hybridized carbons (Fsp3) is 1.00. The van der Waals surface area contributed by atoms with E-state index in [0.717, 1.165) is 19.0 Å². The van der Waals surface area contributed by atoms with Crippen LogP contribution >= 0.6 is 0 Å². The van der Waals surface area contributed by atoms with Crippen LogP contribution in [0.5, 0.6) is 0 Å². The first kappa shape index (κ1) is 14.0. The van der Waals surface area contributed by atoms with Crippen LogP contribution in [0.1, 0.15) is 59.8 Å². The Morgan fingerprint density at radius 3 is 1.94 bits per heavy atom. The van der Waals surface area contributed by atoms with Gasteiger partial charge in [-0.15, -0.1) is 0 Å². The molecule has 0 amide bonds. The molecule has 0 aromatic rings. The number of hydrogen-bond donors (Lipinski definition) is 1. The average molecular weight is 226 g/mol. The molecule has 1 aliphatic rings. The van der Waals surface area contributed by atoms with Crippen LogP contribution in [0, 0.1) is 5.92 Å². The van der Waals surface area contributed by atoms with Crippen molar-refractivity contribution in [2.45, 2.75) is 71.4 Å². The number of likely N-dealkylation sites (N-methyl/N-ethyl adjacent to an activating group) is 1. The van der Waals surface area contributed by atoms with Crippen LogP contribution in [0.2, 0.25) is 0 Å². The van der Waals surface area contributed by atoms with E-state index in [-0.39, 0.29) is 5.54 Å². The molecule has 0 saturated heterocycles. The molecule has 1 saturated carbocycles. The molecule has 16 heavy (non-hydrogen) atoms. The minimum absolute atomic E-state index is 0.242. The van der Waals surface area contributed by atoms with Gasteiger partial charge in [-0.05, 0) is 38.3 Å². The van der Waals surface area contributed by atoms with Crippen molar-refractivity contribution in [2.24, 2.45) is 11.7 Å². The molecule has 0 bridgehead atoms. The summed E-state index contributed by atoms with van der Waals surface area (Å²) in [7, 11) is 0. The molecule has 2 nitrogen and oxygen atoms in total. The van der Waals surface area contributed by atoms with Gasteiger partial charge in [-0.2, -0.15) is 0 Å². The van der Waals surface area contributed by atoms with E-state index in [4.69, 9.17) is 5.73 Å². The Labute approximate surface area is 102 Å². The fourth-order valence-corrected chi connectivity index (χ4v) is 3.24. The zero-order chi connectivity index (χ0) is 12.2. The predicted octanol–water partition coefficient (Wildman–Crippen LogP) is 3.01. The summed E-state index contributed by atoms with van der Waals surface area (Å²) in [5.74, 6) is 0.933. The second-order valence-electron chi connectivity index (χ2n) is 5.27. The molecule has 0 spiro atoms. The van der Waals surface area contributed by atoms with Gasteiger partial charge in [0.05, 0.1) is 0 Å². The van der Waals surface area contributed by atoms with Gasteiger partial charge in [-0.25, -0.2) is 0 Å². The number of nitrogens with zero attached hydrogens (tertiary/aromatic N) is 1. The normalized spacial score (nSPS) is 19.1. The number of nitrogens with two attached hydrogens (primary N) is 1. The minimum atomic E-state index is 0.242. The highest BCUT2D eigenvalue weighted by atomic mass is 15.2. The van der Waals surface area contributed by atoms with Gasteiger partial charge in [0.15, 0.2) is 0 Å². The minimum Gasteiger partial charge on any atom is -0.326 e. The van der Waals surface area contributed by atoms with Crippen molar-refractivity contribution in [3.05, 3.63) is 0 Å². The van der Waals surface area contributed by atoms with Crippen molar-refractivity contribution >= 4 is 0 Å². The Bertz CT molecular complexity index is 191. The highest BCUT2D eigenvalue weighted by Gasteiger charge is 2.40. The van der Waals surface area contributed by atoms with E-state index < -0.39 is 0 Å². The molecule has 1 fully saturated rings. The molecule has 1 rings (SSSR count). The Morgan fingerprint density at radius 2 is 1.62 bits per heavy atom. The van der Waals surface area contributed by atoms with Crippen molar-refractivity contribution in [3.8, 4) is 0 Å². The molecule has 0 radical (unpaired) electrons. The summed E-state index contributed by atoms with van der Waals surface area (Å²) < 4.78 is 0. The van der Waals surface area contributed by atoms with Crippen LogP contribution in [0.15, 0.2) is 0 Å². The van der Waals surface area contributed by atoms with E-state index in [1.807, 2.05) is 0 Å². The number of rotatable bonds is 8.